The standard InChI is InChI=1S/C18H19N3O2/c22-14-8-6-13(7-9-14)12-21-17-15(4-3-10-19-17)20-18(21)16-5-1-2-11-23-16/h3-4,6-10,16,22H,1-2,5,11-12H2. The number of hydrogen-bond donors (Lipinski definition) is 1. The minimum absolute atomic E-state index is 0.0371. The van der Waals surface area contributed by atoms with Gasteiger partial charge in [0.15, 0.2) is 5.65 Å². The van der Waals surface area contributed by atoms with Crippen LogP contribution in [0, 0.1) is 0 Å². The quantitative estimate of drug-likeness (QED) is 0.805. The number of phenols is 1. The molecule has 0 saturated carbocycles. The predicted octanol–water partition coefficient (Wildman–Crippen LogP) is 3.43. The van der Waals surface area contributed by atoms with E-state index in [0.717, 1.165) is 42.0 Å². The van der Waals surface area contributed by atoms with Gasteiger partial charge in [0.25, 0.3) is 0 Å². The highest BCUT2D eigenvalue weighted by atomic mass is 16.5. The van der Waals surface area contributed by atoms with Gasteiger partial charge in [0, 0.05) is 12.8 Å². The minimum Gasteiger partial charge on any atom is -0.508 e. The van der Waals surface area contributed by atoms with Crippen molar-refractivity contribution in [3.8, 4) is 5.75 Å². The van der Waals surface area contributed by atoms with Crippen LogP contribution in [0.3, 0.4) is 0 Å². The zero-order chi connectivity index (χ0) is 15.6. The van der Waals surface area contributed by atoms with Crippen LogP contribution in [-0.2, 0) is 11.3 Å². The largest absolute Gasteiger partial charge is 0.508 e. The van der Waals surface area contributed by atoms with Gasteiger partial charge < -0.3 is 14.4 Å². The van der Waals surface area contributed by atoms with Gasteiger partial charge >= 0.3 is 0 Å². The Balaban J connectivity index is 1.77. The molecule has 1 aliphatic rings. The second-order valence-electron chi connectivity index (χ2n) is 5.92. The molecular formula is C18H19N3O2. The van der Waals surface area contributed by atoms with Crippen molar-refractivity contribution in [2.45, 2.75) is 31.9 Å². The average molecular weight is 309 g/mol. The third kappa shape index (κ3) is 2.80. The maximum atomic E-state index is 9.46. The van der Waals surface area contributed by atoms with Crippen molar-refractivity contribution in [2.75, 3.05) is 6.61 Å². The van der Waals surface area contributed by atoms with E-state index in [-0.39, 0.29) is 11.9 Å². The Hall–Kier alpha value is -2.40. The molecule has 0 bridgehead atoms. The zero-order valence-electron chi connectivity index (χ0n) is 12.9. The Morgan fingerprint density at radius 2 is 2.04 bits per heavy atom. The molecule has 0 spiro atoms. The van der Waals surface area contributed by atoms with Gasteiger partial charge in [0.1, 0.15) is 23.2 Å². The molecule has 1 aliphatic heterocycles. The maximum Gasteiger partial charge on any atom is 0.160 e. The van der Waals surface area contributed by atoms with E-state index in [9.17, 15) is 5.11 Å². The van der Waals surface area contributed by atoms with E-state index in [2.05, 4.69) is 9.55 Å². The summed E-state index contributed by atoms with van der Waals surface area (Å²) < 4.78 is 8.08. The van der Waals surface area contributed by atoms with Gasteiger partial charge in [-0.25, -0.2) is 9.97 Å². The van der Waals surface area contributed by atoms with E-state index in [4.69, 9.17) is 9.72 Å². The number of hydrogen-bond acceptors (Lipinski definition) is 4. The Morgan fingerprint density at radius 1 is 1.17 bits per heavy atom. The number of rotatable bonds is 3. The van der Waals surface area contributed by atoms with E-state index < -0.39 is 0 Å². The molecule has 1 fully saturated rings. The third-order valence-electron chi connectivity index (χ3n) is 4.28. The fourth-order valence-electron chi connectivity index (χ4n) is 3.11. The lowest BCUT2D eigenvalue weighted by atomic mass is 10.1. The monoisotopic (exact) mass is 309 g/mol. The predicted molar refractivity (Wildman–Crippen MR) is 87.3 cm³/mol. The molecule has 1 N–H and O–H groups in total. The Bertz CT molecular complexity index is 805. The Labute approximate surface area is 134 Å². The first-order valence-electron chi connectivity index (χ1n) is 8.02. The molecule has 4 rings (SSSR count). The smallest absolute Gasteiger partial charge is 0.160 e. The van der Waals surface area contributed by atoms with Gasteiger partial charge in [0.05, 0.1) is 6.54 Å². The number of fused-ring (bicyclic) bond motifs is 1. The van der Waals surface area contributed by atoms with Crippen LogP contribution in [0.2, 0.25) is 0 Å². The van der Waals surface area contributed by atoms with Crippen LogP contribution < -0.4 is 0 Å². The van der Waals surface area contributed by atoms with E-state index >= 15 is 0 Å². The van der Waals surface area contributed by atoms with Crippen molar-refractivity contribution >= 4 is 11.2 Å². The number of nitrogens with zero attached hydrogens (tertiary/aromatic N) is 3. The van der Waals surface area contributed by atoms with E-state index in [1.807, 2.05) is 24.3 Å². The van der Waals surface area contributed by atoms with Crippen molar-refractivity contribution in [1.82, 2.24) is 14.5 Å². The maximum absolute atomic E-state index is 9.46. The number of aromatic hydroxyl groups is 1. The summed E-state index contributed by atoms with van der Waals surface area (Å²) in [5.41, 5.74) is 2.88. The summed E-state index contributed by atoms with van der Waals surface area (Å²) in [4.78, 5) is 9.28. The topological polar surface area (TPSA) is 60.2 Å². The minimum atomic E-state index is 0.0371. The lowest BCUT2D eigenvalue weighted by Gasteiger charge is -2.23. The van der Waals surface area contributed by atoms with Gasteiger partial charge in [-0.2, -0.15) is 0 Å². The molecule has 0 amide bonds. The molecule has 3 heterocycles. The van der Waals surface area contributed by atoms with Gasteiger partial charge in [-0.05, 0) is 49.1 Å². The summed E-state index contributed by atoms with van der Waals surface area (Å²) in [5, 5.41) is 9.46. The van der Waals surface area contributed by atoms with Gasteiger partial charge in [-0.1, -0.05) is 12.1 Å². The molecule has 118 valence electrons. The lowest BCUT2D eigenvalue weighted by Crippen LogP contribution is -2.17. The molecule has 1 unspecified atom stereocenters. The van der Waals surface area contributed by atoms with Crippen LogP contribution in [-0.4, -0.2) is 26.2 Å². The van der Waals surface area contributed by atoms with Gasteiger partial charge in [0.2, 0.25) is 0 Å². The fraction of sp³-hybridized carbons (Fsp3) is 0.333. The summed E-state index contributed by atoms with van der Waals surface area (Å²) in [5.74, 6) is 1.23. The highest BCUT2D eigenvalue weighted by Gasteiger charge is 2.23. The van der Waals surface area contributed by atoms with Crippen LogP contribution in [0.5, 0.6) is 5.75 Å². The lowest BCUT2D eigenvalue weighted by molar-refractivity contribution is 0.00783. The first kappa shape index (κ1) is 14.2. The highest BCUT2D eigenvalue weighted by molar-refractivity contribution is 5.71. The van der Waals surface area contributed by atoms with E-state index in [1.165, 1.54) is 6.42 Å². The first-order chi connectivity index (χ1) is 11.3. The number of ether oxygens (including phenoxy) is 1. The van der Waals surface area contributed by atoms with Crippen molar-refractivity contribution < 1.29 is 9.84 Å². The number of benzene rings is 1. The molecule has 1 saturated heterocycles. The Morgan fingerprint density at radius 3 is 2.83 bits per heavy atom. The molecule has 23 heavy (non-hydrogen) atoms. The second-order valence-corrected chi connectivity index (χ2v) is 5.92. The summed E-state index contributed by atoms with van der Waals surface area (Å²) in [6.07, 6.45) is 5.12. The third-order valence-corrected chi connectivity index (χ3v) is 4.28. The number of imidazole rings is 1. The molecule has 1 atom stereocenters. The van der Waals surface area contributed by atoms with Crippen LogP contribution in [0.15, 0.2) is 42.6 Å². The highest BCUT2D eigenvalue weighted by Crippen LogP contribution is 2.30. The van der Waals surface area contributed by atoms with Gasteiger partial charge in [-0.3, -0.25) is 0 Å². The molecule has 5 nitrogen and oxygen atoms in total. The SMILES string of the molecule is Oc1ccc(Cn2c(C3CCCCO3)nc3cccnc32)cc1. The molecule has 2 aromatic heterocycles. The molecule has 5 heteroatoms. The molecular weight excluding hydrogens is 290 g/mol. The molecule has 3 aromatic rings. The second kappa shape index (κ2) is 6.01. The summed E-state index contributed by atoms with van der Waals surface area (Å²) in [7, 11) is 0. The number of phenolic OH excluding ortho intramolecular Hbond substituents is 1. The number of aromatic nitrogens is 3. The van der Waals surface area contributed by atoms with Crippen LogP contribution in [0.1, 0.15) is 36.8 Å². The summed E-state index contributed by atoms with van der Waals surface area (Å²) in [6.45, 7) is 1.46. The molecule has 0 aliphatic carbocycles. The Kier molecular flexibility index (Phi) is 3.71. The van der Waals surface area contributed by atoms with Crippen LogP contribution in [0.25, 0.3) is 11.2 Å². The van der Waals surface area contributed by atoms with Crippen molar-refractivity contribution in [1.29, 1.82) is 0 Å². The van der Waals surface area contributed by atoms with Gasteiger partial charge in [-0.15, -0.1) is 0 Å². The normalized spacial score (nSPS) is 18.3. The van der Waals surface area contributed by atoms with Crippen molar-refractivity contribution in [3.63, 3.8) is 0 Å². The fourth-order valence-corrected chi connectivity index (χ4v) is 3.11. The van der Waals surface area contributed by atoms with E-state index in [1.54, 1.807) is 18.3 Å². The first-order valence-corrected chi connectivity index (χ1v) is 8.02. The molecule has 0 radical (unpaired) electrons. The summed E-state index contributed by atoms with van der Waals surface area (Å²) in [6, 6.07) is 11.2. The number of pyridine rings is 1. The average Bonchev–Trinajstić information content (AvgIpc) is 2.96. The zero-order valence-corrected chi connectivity index (χ0v) is 12.9. The van der Waals surface area contributed by atoms with Crippen molar-refractivity contribution in [3.05, 3.63) is 54.0 Å². The van der Waals surface area contributed by atoms with Crippen LogP contribution >= 0.6 is 0 Å². The summed E-state index contributed by atoms with van der Waals surface area (Å²) >= 11 is 0. The van der Waals surface area contributed by atoms with E-state index in [0.29, 0.717) is 6.54 Å². The van der Waals surface area contributed by atoms with Crippen molar-refractivity contribution in [2.24, 2.45) is 0 Å². The van der Waals surface area contributed by atoms with Crippen LogP contribution in [0.4, 0.5) is 0 Å². The molecule has 1 aromatic carbocycles.